The zero-order valence-electron chi connectivity index (χ0n) is 23.2. The number of piperidine rings is 1. The van der Waals surface area contributed by atoms with Crippen LogP contribution in [0.25, 0.3) is 22.0 Å². The Morgan fingerprint density at radius 3 is 2.52 bits per heavy atom. The van der Waals surface area contributed by atoms with Crippen molar-refractivity contribution in [2.24, 2.45) is 0 Å². The molecule has 0 aliphatic carbocycles. The highest BCUT2D eigenvalue weighted by Crippen LogP contribution is 2.32. The molecule has 7 nitrogen and oxygen atoms in total. The van der Waals surface area contributed by atoms with Crippen LogP contribution in [-0.4, -0.2) is 45.5 Å². The number of halogens is 2. The van der Waals surface area contributed by atoms with Crippen LogP contribution in [0.1, 0.15) is 41.5 Å². The molecule has 1 saturated heterocycles. The molecule has 1 fully saturated rings. The standard InChI is InChI=1S/C32H29F2N5O2S/c1-19-3-8-23(33)17-25(19)29(30(40)37-32-35-13-16-42-32)39-18-36-26-10-9-24(28(34)27(26)31(39)41)22-6-4-20(5-7-22)21-11-14-38(2)15-12-21/h3-10,13,16-18,21,29H,11-12,14-15H2,1-2H3,(H,35,37,40). The molecule has 0 radical (unpaired) electrons. The smallest absolute Gasteiger partial charge is 0.265 e. The fourth-order valence-corrected chi connectivity index (χ4v) is 6.18. The highest BCUT2D eigenvalue weighted by atomic mass is 32.1. The molecule has 1 amide bonds. The number of nitrogens with one attached hydrogen (secondary N) is 1. The number of thiazole rings is 1. The lowest BCUT2D eigenvalue weighted by molar-refractivity contribution is -0.118. The van der Waals surface area contributed by atoms with Crippen LogP contribution >= 0.6 is 11.3 Å². The van der Waals surface area contributed by atoms with Crippen LogP contribution < -0.4 is 10.9 Å². The molecule has 42 heavy (non-hydrogen) atoms. The zero-order valence-corrected chi connectivity index (χ0v) is 24.0. The maximum Gasteiger partial charge on any atom is 0.265 e. The normalized spacial score (nSPS) is 15.1. The highest BCUT2D eigenvalue weighted by molar-refractivity contribution is 7.13. The predicted molar refractivity (Wildman–Crippen MR) is 161 cm³/mol. The molecule has 10 heteroatoms. The zero-order chi connectivity index (χ0) is 29.4. The molecule has 3 heterocycles. The van der Waals surface area contributed by atoms with Crippen LogP contribution in [0.15, 0.2) is 77.3 Å². The van der Waals surface area contributed by atoms with Crippen molar-refractivity contribution in [2.75, 3.05) is 25.5 Å². The SMILES string of the molecule is Cc1ccc(F)cc1C(C(=O)Nc1nccs1)n1cnc2ccc(-c3ccc(C4CCN(C)CC4)cc3)c(F)c2c1=O. The minimum Gasteiger partial charge on any atom is -0.306 e. The van der Waals surface area contributed by atoms with Gasteiger partial charge in [0.15, 0.2) is 5.13 Å². The molecule has 214 valence electrons. The molecule has 0 saturated carbocycles. The third kappa shape index (κ3) is 5.35. The van der Waals surface area contributed by atoms with Crippen LogP contribution in [0.4, 0.5) is 13.9 Å². The van der Waals surface area contributed by atoms with Crippen LogP contribution in [0.2, 0.25) is 0 Å². The van der Waals surface area contributed by atoms with Gasteiger partial charge < -0.3 is 4.90 Å². The summed E-state index contributed by atoms with van der Waals surface area (Å²) >= 11 is 1.20. The fraction of sp³-hybridized carbons (Fsp3) is 0.250. The van der Waals surface area contributed by atoms with E-state index in [1.165, 1.54) is 47.6 Å². The van der Waals surface area contributed by atoms with Crippen molar-refractivity contribution in [2.45, 2.75) is 31.7 Å². The number of hydrogen-bond acceptors (Lipinski definition) is 6. The summed E-state index contributed by atoms with van der Waals surface area (Å²) in [4.78, 5) is 38.2. The van der Waals surface area contributed by atoms with Gasteiger partial charge in [0.1, 0.15) is 23.1 Å². The second kappa shape index (κ2) is 11.5. The third-order valence-corrected chi connectivity index (χ3v) is 8.71. The quantitative estimate of drug-likeness (QED) is 0.259. The molecule has 1 aliphatic rings. The van der Waals surface area contributed by atoms with E-state index in [4.69, 9.17) is 0 Å². The first-order valence-corrected chi connectivity index (χ1v) is 14.6. The number of carbonyl (C=O) groups is 1. The molecule has 2 aromatic heterocycles. The Hall–Kier alpha value is -4.28. The van der Waals surface area contributed by atoms with Crippen molar-refractivity contribution in [3.05, 3.63) is 111 Å². The lowest BCUT2D eigenvalue weighted by Gasteiger charge is -2.29. The number of aryl methyl sites for hydroxylation is 1. The van der Waals surface area contributed by atoms with E-state index >= 15 is 4.39 Å². The Balaban J connectivity index is 1.42. The van der Waals surface area contributed by atoms with E-state index in [9.17, 15) is 14.0 Å². The summed E-state index contributed by atoms with van der Waals surface area (Å²) < 4.78 is 31.6. The number of rotatable bonds is 6. The van der Waals surface area contributed by atoms with E-state index in [1.807, 2.05) is 24.3 Å². The van der Waals surface area contributed by atoms with E-state index in [1.54, 1.807) is 24.4 Å². The highest BCUT2D eigenvalue weighted by Gasteiger charge is 2.28. The molecule has 0 spiro atoms. The van der Waals surface area contributed by atoms with E-state index < -0.39 is 29.1 Å². The lowest BCUT2D eigenvalue weighted by Crippen LogP contribution is -2.35. The van der Waals surface area contributed by atoms with Crippen molar-refractivity contribution in [1.29, 1.82) is 0 Å². The van der Waals surface area contributed by atoms with Gasteiger partial charge in [-0.25, -0.2) is 18.7 Å². The van der Waals surface area contributed by atoms with Gasteiger partial charge in [-0.2, -0.15) is 0 Å². The van der Waals surface area contributed by atoms with E-state index in [2.05, 4.69) is 27.2 Å². The number of nitrogens with zero attached hydrogens (tertiary/aromatic N) is 4. The Kier molecular flexibility index (Phi) is 7.66. The number of carbonyl (C=O) groups excluding carboxylic acids is 1. The summed E-state index contributed by atoms with van der Waals surface area (Å²) in [7, 11) is 2.12. The van der Waals surface area contributed by atoms with Crippen LogP contribution in [-0.2, 0) is 4.79 Å². The van der Waals surface area contributed by atoms with E-state index in [-0.39, 0.29) is 22.0 Å². The molecular weight excluding hydrogens is 556 g/mol. The van der Waals surface area contributed by atoms with Crippen molar-refractivity contribution in [1.82, 2.24) is 19.4 Å². The summed E-state index contributed by atoms with van der Waals surface area (Å²) in [5, 5.41) is 4.46. The van der Waals surface area contributed by atoms with Crippen molar-refractivity contribution in [3.63, 3.8) is 0 Å². The lowest BCUT2D eigenvalue weighted by atomic mass is 9.88. The average Bonchev–Trinajstić information content (AvgIpc) is 3.50. The van der Waals surface area contributed by atoms with E-state index in [0.29, 0.717) is 22.2 Å². The van der Waals surface area contributed by atoms with Crippen LogP contribution in [0.3, 0.4) is 0 Å². The average molecular weight is 586 g/mol. The van der Waals surface area contributed by atoms with Gasteiger partial charge in [0.2, 0.25) is 0 Å². The summed E-state index contributed by atoms with van der Waals surface area (Å²) in [6.07, 6.45) is 4.89. The first kappa shape index (κ1) is 27.9. The Bertz CT molecular complexity index is 1810. The Morgan fingerprint density at radius 1 is 1.05 bits per heavy atom. The minimum atomic E-state index is -1.31. The second-order valence-corrected chi connectivity index (χ2v) is 11.6. The largest absolute Gasteiger partial charge is 0.306 e. The molecule has 1 atom stereocenters. The fourth-order valence-electron chi connectivity index (χ4n) is 5.65. The van der Waals surface area contributed by atoms with Gasteiger partial charge in [0.25, 0.3) is 11.5 Å². The molecule has 6 rings (SSSR count). The van der Waals surface area contributed by atoms with Gasteiger partial charge in [-0.05, 0) is 92.3 Å². The second-order valence-electron chi connectivity index (χ2n) is 10.7. The van der Waals surface area contributed by atoms with Crippen molar-refractivity contribution in [3.8, 4) is 11.1 Å². The third-order valence-electron chi connectivity index (χ3n) is 8.03. The Morgan fingerprint density at radius 2 is 1.81 bits per heavy atom. The summed E-state index contributed by atoms with van der Waals surface area (Å²) in [5.74, 6) is -1.45. The number of hydrogen-bond donors (Lipinski definition) is 1. The van der Waals surface area contributed by atoms with Gasteiger partial charge in [0.05, 0.1) is 11.8 Å². The number of likely N-dealkylation sites (tertiary alicyclic amines) is 1. The van der Waals surface area contributed by atoms with E-state index in [0.717, 1.165) is 30.5 Å². The molecule has 1 aliphatic heterocycles. The monoisotopic (exact) mass is 585 g/mol. The molecule has 0 bridgehead atoms. The minimum absolute atomic E-state index is 0.162. The molecule has 3 aromatic carbocycles. The van der Waals surface area contributed by atoms with Crippen LogP contribution in [0, 0.1) is 18.6 Å². The van der Waals surface area contributed by atoms with Crippen molar-refractivity contribution >= 4 is 33.3 Å². The van der Waals surface area contributed by atoms with Gasteiger partial charge in [0, 0.05) is 17.1 Å². The maximum absolute atomic E-state index is 16.2. The van der Waals surface area contributed by atoms with Gasteiger partial charge in [-0.1, -0.05) is 30.3 Å². The van der Waals surface area contributed by atoms with Gasteiger partial charge in [-0.3, -0.25) is 19.5 Å². The number of benzene rings is 3. The first-order valence-electron chi connectivity index (χ1n) is 13.7. The van der Waals surface area contributed by atoms with Crippen LogP contribution in [0.5, 0.6) is 0 Å². The molecule has 5 aromatic rings. The number of aromatic nitrogens is 3. The Labute approximate surface area is 245 Å². The predicted octanol–water partition coefficient (Wildman–Crippen LogP) is 6.14. The summed E-state index contributed by atoms with van der Waals surface area (Å²) in [6.45, 7) is 3.80. The molecular formula is C32H29F2N5O2S. The number of amides is 1. The number of anilines is 1. The van der Waals surface area contributed by atoms with Gasteiger partial charge >= 0.3 is 0 Å². The van der Waals surface area contributed by atoms with Gasteiger partial charge in [-0.15, -0.1) is 11.3 Å². The summed E-state index contributed by atoms with van der Waals surface area (Å²) in [5.41, 5.74) is 2.38. The molecule has 1 unspecified atom stereocenters. The number of fused-ring (bicyclic) bond motifs is 1. The molecule has 1 N–H and O–H groups in total. The topological polar surface area (TPSA) is 80.1 Å². The first-order chi connectivity index (χ1) is 20.3. The maximum atomic E-state index is 16.2. The van der Waals surface area contributed by atoms with Crippen molar-refractivity contribution < 1.29 is 13.6 Å². The summed E-state index contributed by atoms with van der Waals surface area (Å²) in [6, 6.07) is 13.7.